The summed E-state index contributed by atoms with van der Waals surface area (Å²) < 4.78 is 19.6. The maximum absolute atomic E-state index is 13.6. The quantitative estimate of drug-likeness (QED) is 0.385. The van der Waals surface area contributed by atoms with Gasteiger partial charge in [0.05, 0.1) is 0 Å². The van der Waals surface area contributed by atoms with Gasteiger partial charge in [0.15, 0.2) is 0 Å². The van der Waals surface area contributed by atoms with Crippen molar-refractivity contribution < 1.29 is 8.81 Å². The highest BCUT2D eigenvalue weighted by Crippen LogP contribution is 2.34. The molecule has 0 spiro atoms. The smallest absolute Gasteiger partial charge is 0.247 e. The molecule has 1 heterocycles. The highest BCUT2D eigenvalue weighted by molar-refractivity contribution is 6.32. The third-order valence-corrected chi connectivity index (χ3v) is 5.29. The summed E-state index contributed by atoms with van der Waals surface area (Å²) in [6.07, 6.45) is 0. The normalized spacial score (nSPS) is 12.0. The summed E-state index contributed by atoms with van der Waals surface area (Å²) in [4.78, 5) is 0. The first-order valence-corrected chi connectivity index (χ1v) is 9.64. The minimum Gasteiger partial charge on any atom is -0.418 e. The molecular formula is C22H16Cl2FN3O. The molecule has 146 valence electrons. The second kappa shape index (κ2) is 8.23. The zero-order valence-electron chi connectivity index (χ0n) is 15.4. The van der Waals surface area contributed by atoms with E-state index in [1.54, 1.807) is 6.07 Å². The summed E-state index contributed by atoms with van der Waals surface area (Å²) in [6, 6.07) is 18.6. The summed E-state index contributed by atoms with van der Waals surface area (Å²) in [5, 5.41) is 12.6. The molecule has 0 fully saturated rings. The number of benzene rings is 3. The van der Waals surface area contributed by atoms with Crippen molar-refractivity contribution in [3.05, 3.63) is 99.6 Å². The van der Waals surface area contributed by atoms with Gasteiger partial charge in [-0.15, -0.1) is 10.2 Å². The van der Waals surface area contributed by atoms with Gasteiger partial charge in [0.25, 0.3) is 0 Å². The van der Waals surface area contributed by atoms with Crippen LogP contribution in [0.4, 0.5) is 10.1 Å². The van der Waals surface area contributed by atoms with Crippen LogP contribution in [0.15, 0.2) is 71.1 Å². The Balaban J connectivity index is 1.78. The molecule has 0 radical (unpaired) electrons. The van der Waals surface area contributed by atoms with Crippen molar-refractivity contribution in [3.63, 3.8) is 0 Å². The Labute approximate surface area is 177 Å². The monoisotopic (exact) mass is 427 g/mol. The van der Waals surface area contributed by atoms with E-state index in [0.29, 0.717) is 22.4 Å². The molecule has 1 unspecified atom stereocenters. The third kappa shape index (κ3) is 4.11. The van der Waals surface area contributed by atoms with Crippen LogP contribution in [0.3, 0.4) is 0 Å². The van der Waals surface area contributed by atoms with Crippen molar-refractivity contribution in [2.45, 2.75) is 13.0 Å². The molecule has 4 nitrogen and oxygen atoms in total. The molecule has 29 heavy (non-hydrogen) atoms. The Morgan fingerprint density at radius 3 is 2.48 bits per heavy atom. The molecule has 4 rings (SSSR count). The number of anilines is 1. The maximum atomic E-state index is 13.6. The first kappa shape index (κ1) is 19.4. The number of halogens is 3. The van der Waals surface area contributed by atoms with Gasteiger partial charge in [0.1, 0.15) is 11.9 Å². The van der Waals surface area contributed by atoms with Crippen molar-refractivity contribution >= 4 is 28.9 Å². The van der Waals surface area contributed by atoms with Crippen molar-refractivity contribution in [2.75, 3.05) is 5.32 Å². The Kier molecular flexibility index (Phi) is 5.51. The van der Waals surface area contributed by atoms with Crippen LogP contribution in [0, 0.1) is 12.7 Å². The van der Waals surface area contributed by atoms with E-state index in [9.17, 15) is 4.39 Å². The Hall–Kier alpha value is -2.89. The number of aromatic nitrogens is 2. The van der Waals surface area contributed by atoms with Gasteiger partial charge >= 0.3 is 0 Å². The summed E-state index contributed by atoms with van der Waals surface area (Å²) in [5.74, 6) is 0.261. The molecule has 7 heteroatoms. The molecule has 0 aliphatic carbocycles. The molecule has 3 aromatic carbocycles. The van der Waals surface area contributed by atoms with Gasteiger partial charge < -0.3 is 9.73 Å². The fourth-order valence-electron chi connectivity index (χ4n) is 2.98. The number of hydrogen-bond donors (Lipinski definition) is 1. The van der Waals surface area contributed by atoms with Crippen LogP contribution in [-0.2, 0) is 0 Å². The molecule has 0 aliphatic heterocycles. The van der Waals surface area contributed by atoms with Gasteiger partial charge in [-0.3, -0.25) is 0 Å². The number of rotatable bonds is 5. The van der Waals surface area contributed by atoms with Gasteiger partial charge in [-0.05, 0) is 48.9 Å². The zero-order valence-corrected chi connectivity index (χ0v) is 16.9. The van der Waals surface area contributed by atoms with E-state index in [0.717, 1.165) is 16.8 Å². The van der Waals surface area contributed by atoms with Crippen molar-refractivity contribution in [2.24, 2.45) is 0 Å². The van der Waals surface area contributed by atoms with Gasteiger partial charge in [-0.2, -0.15) is 0 Å². The molecule has 0 bridgehead atoms. The van der Waals surface area contributed by atoms with Gasteiger partial charge in [-0.1, -0.05) is 53.5 Å². The number of nitrogens with zero attached hydrogens (tertiary/aromatic N) is 2. The summed E-state index contributed by atoms with van der Waals surface area (Å²) in [6.45, 7) is 1.90. The van der Waals surface area contributed by atoms with Crippen LogP contribution in [0.25, 0.3) is 11.5 Å². The van der Waals surface area contributed by atoms with Crippen molar-refractivity contribution in [1.82, 2.24) is 10.2 Å². The van der Waals surface area contributed by atoms with Gasteiger partial charge in [0, 0.05) is 26.9 Å². The van der Waals surface area contributed by atoms with E-state index in [2.05, 4.69) is 15.5 Å². The lowest BCUT2D eigenvalue weighted by Crippen LogP contribution is -2.14. The fourth-order valence-corrected chi connectivity index (χ4v) is 3.43. The van der Waals surface area contributed by atoms with Crippen molar-refractivity contribution in [1.29, 1.82) is 0 Å². The lowest BCUT2D eigenvalue weighted by molar-refractivity contribution is 0.493. The molecule has 0 aliphatic rings. The second-order valence-electron chi connectivity index (χ2n) is 6.47. The minimum atomic E-state index is -0.592. The Morgan fingerprint density at radius 1 is 0.931 bits per heavy atom. The first-order chi connectivity index (χ1) is 14.0. The van der Waals surface area contributed by atoms with Gasteiger partial charge in [0.2, 0.25) is 11.8 Å². The fraction of sp³-hybridized carbons (Fsp3) is 0.0909. The van der Waals surface area contributed by atoms with E-state index >= 15 is 0 Å². The molecule has 1 N–H and O–H groups in total. The summed E-state index contributed by atoms with van der Waals surface area (Å²) in [7, 11) is 0. The first-order valence-electron chi connectivity index (χ1n) is 8.88. The predicted molar refractivity (Wildman–Crippen MR) is 113 cm³/mol. The molecule has 0 saturated heterocycles. The molecular weight excluding hydrogens is 412 g/mol. The summed E-state index contributed by atoms with van der Waals surface area (Å²) >= 11 is 12.6. The Morgan fingerprint density at radius 2 is 1.72 bits per heavy atom. The predicted octanol–water partition coefficient (Wildman–Crippen LogP) is 6.69. The topological polar surface area (TPSA) is 51.0 Å². The lowest BCUT2D eigenvalue weighted by Gasteiger charge is -2.20. The summed E-state index contributed by atoms with van der Waals surface area (Å²) in [5.41, 5.74) is 3.05. The van der Waals surface area contributed by atoms with E-state index in [1.807, 2.05) is 55.5 Å². The van der Waals surface area contributed by atoms with E-state index in [1.165, 1.54) is 12.1 Å². The molecule has 0 amide bonds. The van der Waals surface area contributed by atoms with Crippen molar-refractivity contribution in [3.8, 4) is 11.5 Å². The van der Waals surface area contributed by atoms with Crippen LogP contribution in [-0.4, -0.2) is 10.2 Å². The lowest BCUT2D eigenvalue weighted by atomic mass is 10.1. The molecule has 0 saturated carbocycles. The highest BCUT2D eigenvalue weighted by Gasteiger charge is 2.25. The average molecular weight is 428 g/mol. The molecule has 4 aromatic rings. The largest absolute Gasteiger partial charge is 0.418 e. The van der Waals surface area contributed by atoms with Crippen LogP contribution in [0.2, 0.25) is 10.0 Å². The maximum Gasteiger partial charge on any atom is 0.247 e. The van der Waals surface area contributed by atoms with Crippen LogP contribution in [0.5, 0.6) is 0 Å². The average Bonchev–Trinajstić information content (AvgIpc) is 3.20. The van der Waals surface area contributed by atoms with Gasteiger partial charge in [-0.25, -0.2) is 4.39 Å². The van der Waals surface area contributed by atoms with E-state index < -0.39 is 11.9 Å². The molecule has 1 aromatic heterocycles. The van der Waals surface area contributed by atoms with Crippen LogP contribution < -0.4 is 5.32 Å². The molecule has 1 atom stereocenters. The number of nitrogens with one attached hydrogen (secondary N) is 1. The second-order valence-corrected chi connectivity index (χ2v) is 7.28. The van der Waals surface area contributed by atoms with E-state index in [4.69, 9.17) is 27.6 Å². The standard InChI is InChI=1S/C22H16Cl2FN3O/c1-13-17(23)8-5-9-19(13)26-20(16-11-10-15(25)12-18(16)24)22-28-27-21(29-22)14-6-3-2-4-7-14/h2-12,20,26H,1H3. The minimum absolute atomic E-state index is 0.252. The number of hydrogen-bond acceptors (Lipinski definition) is 4. The third-order valence-electron chi connectivity index (χ3n) is 4.55. The van der Waals surface area contributed by atoms with Crippen LogP contribution >= 0.6 is 23.2 Å². The SMILES string of the molecule is Cc1c(Cl)cccc1NC(c1nnc(-c2ccccc2)o1)c1ccc(F)cc1Cl. The Bertz CT molecular complexity index is 1150. The highest BCUT2D eigenvalue weighted by atomic mass is 35.5. The van der Waals surface area contributed by atoms with Crippen LogP contribution in [0.1, 0.15) is 23.1 Å². The van der Waals surface area contributed by atoms with E-state index in [-0.39, 0.29) is 5.02 Å². The zero-order chi connectivity index (χ0) is 20.4.